The van der Waals surface area contributed by atoms with Gasteiger partial charge in [-0.15, -0.1) is 11.3 Å². The molecule has 0 radical (unpaired) electrons. The van der Waals surface area contributed by atoms with Crippen LogP contribution in [-0.4, -0.2) is 21.5 Å². The van der Waals surface area contributed by atoms with E-state index in [4.69, 9.17) is 4.74 Å². The lowest BCUT2D eigenvalue weighted by Crippen LogP contribution is -1.88. The highest BCUT2D eigenvalue weighted by molar-refractivity contribution is 7.07. The van der Waals surface area contributed by atoms with Crippen LogP contribution in [0.25, 0.3) is 17.0 Å². The first kappa shape index (κ1) is 9.35. The third kappa shape index (κ3) is 1.37. The molecule has 3 aromatic rings. The van der Waals surface area contributed by atoms with Gasteiger partial charge in [0.05, 0.1) is 12.6 Å². The van der Waals surface area contributed by atoms with Gasteiger partial charge in [0.15, 0.2) is 11.4 Å². The van der Waals surface area contributed by atoms with Gasteiger partial charge in [-0.05, 0) is 12.1 Å². The summed E-state index contributed by atoms with van der Waals surface area (Å²) in [7, 11) is 1.65. The molecule has 0 amide bonds. The molecule has 3 heterocycles. The van der Waals surface area contributed by atoms with Crippen LogP contribution in [0.15, 0.2) is 35.4 Å². The van der Waals surface area contributed by atoms with Gasteiger partial charge in [0.2, 0.25) is 0 Å². The molecule has 0 aliphatic rings. The van der Waals surface area contributed by atoms with Crippen LogP contribution in [0.5, 0.6) is 5.75 Å². The topological polar surface area (TPSA) is 39.4 Å². The number of rotatable bonds is 2. The zero-order valence-electron chi connectivity index (χ0n) is 8.62. The number of imidazole rings is 1. The Morgan fingerprint density at radius 3 is 3.06 bits per heavy atom. The van der Waals surface area contributed by atoms with Crippen LogP contribution < -0.4 is 4.74 Å². The van der Waals surface area contributed by atoms with Crippen LogP contribution >= 0.6 is 11.3 Å². The van der Waals surface area contributed by atoms with Gasteiger partial charge in [-0.3, -0.25) is 0 Å². The number of pyridine rings is 1. The molecular weight excluding hydrogens is 222 g/mol. The molecule has 0 bridgehead atoms. The highest BCUT2D eigenvalue weighted by atomic mass is 32.1. The molecule has 0 N–H and O–H groups in total. The van der Waals surface area contributed by atoms with E-state index in [0.29, 0.717) is 0 Å². The molecule has 0 unspecified atom stereocenters. The van der Waals surface area contributed by atoms with Gasteiger partial charge < -0.3 is 9.14 Å². The molecule has 16 heavy (non-hydrogen) atoms. The van der Waals surface area contributed by atoms with Gasteiger partial charge >= 0.3 is 0 Å². The van der Waals surface area contributed by atoms with Crippen molar-refractivity contribution < 1.29 is 4.74 Å². The summed E-state index contributed by atoms with van der Waals surface area (Å²) >= 11 is 1.56. The molecule has 0 spiro atoms. The summed E-state index contributed by atoms with van der Waals surface area (Å²) in [6.45, 7) is 0. The molecule has 0 aliphatic carbocycles. The zero-order chi connectivity index (χ0) is 11.0. The fraction of sp³-hybridized carbons (Fsp3) is 0.0909. The predicted octanol–water partition coefficient (Wildman–Crippen LogP) is 2.47. The number of nitrogens with zero attached hydrogens (tertiary/aromatic N) is 3. The van der Waals surface area contributed by atoms with Crippen molar-refractivity contribution >= 4 is 17.0 Å². The van der Waals surface area contributed by atoms with Gasteiger partial charge in [0.1, 0.15) is 11.4 Å². The summed E-state index contributed by atoms with van der Waals surface area (Å²) in [6, 6.07) is 3.82. The summed E-state index contributed by atoms with van der Waals surface area (Å²) in [4.78, 5) is 8.75. The number of hydrogen-bond donors (Lipinski definition) is 0. The number of thiazole rings is 1. The maximum Gasteiger partial charge on any atom is 0.180 e. The second-order valence-corrected chi connectivity index (χ2v) is 4.03. The second kappa shape index (κ2) is 3.61. The van der Waals surface area contributed by atoms with E-state index in [0.717, 1.165) is 22.8 Å². The molecule has 0 saturated carbocycles. The highest BCUT2D eigenvalue weighted by Gasteiger charge is 2.08. The largest absolute Gasteiger partial charge is 0.493 e. The first-order valence-electron chi connectivity index (χ1n) is 4.79. The van der Waals surface area contributed by atoms with Crippen LogP contribution in [-0.2, 0) is 0 Å². The van der Waals surface area contributed by atoms with E-state index in [1.54, 1.807) is 24.0 Å². The summed E-state index contributed by atoms with van der Waals surface area (Å²) in [5.41, 5.74) is 4.38. The lowest BCUT2D eigenvalue weighted by atomic mass is 10.4. The minimum absolute atomic E-state index is 0.768. The smallest absolute Gasteiger partial charge is 0.180 e. The van der Waals surface area contributed by atoms with E-state index in [1.807, 2.05) is 34.3 Å². The molecule has 0 aliphatic heterocycles. The summed E-state index contributed by atoms with van der Waals surface area (Å²) in [5.74, 6) is 0.768. The van der Waals surface area contributed by atoms with Crippen LogP contribution in [0.3, 0.4) is 0 Å². The summed E-state index contributed by atoms with van der Waals surface area (Å²) in [6.07, 6.45) is 3.90. The number of ether oxygens (including phenoxy) is 1. The maximum atomic E-state index is 5.26. The standard InChI is InChI=1S/C11H9N3OS/c1-15-10-3-2-4-14-5-8(13-11(10)14)9-6-16-7-12-9/h2-7H,1H3. The van der Waals surface area contributed by atoms with E-state index in [-0.39, 0.29) is 0 Å². The van der Waals surface area contributed by atoms with Gasteiger partial charge in [-0.25, -0.2) is 9.97 Å². The third-order valence-electron chi connectivity index (χ3n) is 2.36. The Bertz CT molecular complexity index is 615. The molecule has 0 saturated heterocycles. The Morgan fingerprint density at radius 1 is 1.38 bits per heavy atom. The first-order chi connectivity index (χ1) is 7.88. The average molecular weight is 231 g/mol. The Kier molecular flexibility index (Phi) is 2.11. The van der Waals surface area contributed by atoms with E-state index in [9.17, 15) is 0 Å². The van der Waals surface area contributed by atoms with Crippen molar-refractivity contribution in [1.29, 1.82) is 0 Å². The van der Waals surface area contributed by atoms with Crippen LogP contribution in [0.2, 0.25) is 0 Å². The first-order valence-corrected chi connectivity index (χ1v) is 5.73. The van der Waals surface area contributed by atoms with E-state index in [1.165, 1.54) is 0 Å². The van der Waals surface area contributed by atoms with Crippen LogP contribution in [0.1, 0.15) is 0 Å². The monoisotopic (exact) mass is 231 g/mol. The van der Waals surface area contributed by atoms with Gasteiger partial charge in [-0.2, -0.15) is 0 Å². The summed E-state index contributed by atoms with van der Waals surface area (Å²) in [5, 5.41) is 1.98. The lowest BCUT2D eigenvalue weighted by Gasteiger charge is -1.99. The number of methoxy groups -OCH3 is 1. The summed E-state index contributed by atoms with van der Waals surface area (Å²) < 4.78 is 7.20. The van der Waals surface area contributed by atoms with E-state index in [2.05, 4.69) is 9.97 Å². The SMILES string of the molecule is COc1cccn2cc(-c3cscn3)nc12. The molecule has 3 aromatic heterocycles. The molecular formula is C11H9N3OS. The lowest BCUT2D eigenvalue weighted by molar-refractivity contribution is 0.417. The van der Waals surface area contributed by atoms with Crippen molar-refractivity contribution in [2.24, 2.45) is 0 Å². The van der Waals surface area contributed by atoms with Gasteiger partial charge in [0, 0.05) is 17.8 Å². The van der Waals surface area contributed by atoms with Crippen molar-refractivity contribution in [2.45, 2.75) is 0 Å². The van der Waals surface area contributed by atoms with E-state index < -0.39 is 0 Å². The quantitative estimate of drug-likeness (QED) is 0.680. The van der Waals surface area contributed by atoms with Crippen molar-refractivity contribution in [2.75, 3.05) is 7.11 Å². The molecule has 3 rings (SSSR count). The Hall–Kier alpha value is -1.88. The van der Waals surface area contributed by atoms with E-state index >= 15 is 0 Å². The minimum atomic E-state index is 0.768. The fourth-order valence-electron chi connectivity index (χ4n) is 1.61. The third-order valence-corrected chi connectivity index (χ3v) is 2.95. The Morgan fingerprint density at radius 2 is 2.31 bits per heavy atom. The molecule has 0 aromatic carbocycles. The minimum Gasteiger partial charge on any atom is -0.493 e. The maximum absolute atomic E-state index is 5.26. The Labute approximate surface area is 96.2 Å². The van der Waals surface area contributed by atoms with Crippen molar-refractivity contribution in [3.8, 4) is 17.1 Å². The predicted molar refractivity (Wildman–Crippen MR) is 62.9 cm³/mol. The van der Waals surface area contributed by atoms with Crippen molar-refractivity contribution in [3.05, 3.63) is 35.4 Å². The van der Waals surface area contributed by atoms with Crippen molar-refractivity contribution in [1.82, 2.24) is 14.4 Å². The fourth-order valence-corrected chi connectivity index (χ4v) is 2.15. The van der Waals surface area contributed by atoms with Crippen LogP contribution in [0.4, 0.5) is 0 Å². The molecule has 0 atom stereocenters. The Balaban J connectivity index is 2.23. The average Bonchev–Trinajstić information content (AvgIpc) is 2.96. The highest BCUT2D eigenvalue weighted by Crippen LogP contribution is 2.23. The number of aromatic nitrogens is 3. The number of hydrogen-bond acceptors (Lipinski definition) is 4. The molecule has 4 nitrogen and oxygen atoms in total. The second-order valence-electron chi connectivity index (χ2n) is 3.31. The normalized spacial score (nSPS) is 10.8. The molecule has 80 valence electrons. The molecule has 5 heteroatoms. The zero-order valence-corrected chi connectivity index (χ0v) is 9.44. The number of fused-ring (bicyclic) bond motifs is 1. The van der Waals surface area contributed by atoms with Gasteiger partial charge in [-0.1, -0.05) is 0 Å². The molecule has 0 fully saturated rings. The van der Waals surface area contributed by atoms with Crippen LogP contribution in [0, 0.1) is 0 Å². The van der Waals surface area contributed by atoms with Gasteiger partial charge in [0.25, 0.3) is 0 Å². The van der Waals surface area contributed by atoms with Crippen molar-refractivity contribution in [3.63, 3.8) is 0 Å².